The Hall–Kier alpha value is -3.14. The van der Waals surface area contributed by atoms with Crippen LogP contribution in [0.2, 0.25) is 0 Å². The third-order valence-electron chi connectivity index (χ3n) is 3.12. The molecule has 23 heavy (non-hydrogen) atoms. The quantitative estimate of drug-likeness (QED) is 0.557. The fraction of sp³-hybridized carbons (Fsp3) is 0.0526. The van der Waals surface area contributed by atoms with Crippen molar-refractivity contribution in [3.63, 3.8) is 0 Å². The van der Waals surface area contributed by atoms with Gasteiger partial charge in [0.2, 0.25) is 0 Å². The van der Waals surface area contributed by atoms with Crippen LogP contribution >= 0.6 is 0 Å². The van der Waals surface area contributed by atoms with Gasteiger partial charge in [-0.3, -0.25) is 0 Å². The molecule has 0 atom stereocenters. The Morgan fingerprint density at radius 1 is 0.783 bits per heavy atom. The number of nitrogens with two attached hydrogens (primary N) is 2. The normalized spacial score (nSPS) is 10.1. The van der Waals surface area contributed by atoms with Crippen LogP contribution in [0.15, 0.2) is 67.0 Å². The summed E-state index contributed by atoms with van der Waals surface area (Å²) >= 11 is 0. The zero-order valence-corrected chi connectivity index (χ0v) is 13.1. The highest BCUT2D eigenvalue weighted by Crippen LogP contribution is 2.21. The van der Waals surface area contributed by atoms with Gasteiger partial charge < -0.3 is 11.5 Å². The van der Waals surface area contributed by atoms with E-state index in [1.165, 1.54) is 0 Å². The van der Waals surface area contributed by atoms with E-state index >= 15 is 0 Å². The van der Waals surface area contributed by atoms with Gasteiger partial charge in [-0.25, -0.2) is 9.97 Å². The molecule has 0 unspecified atom stereocenters. The summed E-state index contributed by atoms with van der Waals surface area (Å²) in [6.45, 7) is 1.86. The molecule has 3 aromatic rings. The maximum absolute atomic E-state index is 5.87. The van der Waals surface area contributed by atoms with Crippen molar-refractivity contribution in [2.45, 2.75) is 6.92 Å². The van der Waals surface area contributed by atoms with Crippen molar-refractivity contribution in [2.75, 3.05) is 11.5 Å². The van der Waals surface area contributed by atoms with Crippen molar-refractivity contribution >= 4 is 23.5 Å². The summed E-state index contributed by atoms with van der Waals surface area (Å²) in [5.74, 6) is 0.822. The average Bonchev–Trinajstić information content (AvgIpc) is 2.58. The molecule has 0 amide bonds. The molecule has 2 aromatic carbocycles. The predicted molar refractivity (Wildman–Crippen MR) is 97.4 cm³/mol. The minimum atomic E-state index is 0.621. The third kappa shape index (κ3) is 5.28. The molecule has 4 heteroatoms. The van der Waals surface area contributed by atoms with E-state index < -0.39 is 0 Å². The Morgan fingerprint density at radius 2 is 1.48 bits per heavy atom. The first-order chi connectivity index (χ1) is 11.2. The highest BCUT2D eigenvalue weighted by molar-refractivity contribution is 5.81. The summed E-state index contributed by atoms with van der Waals surface area (Å²) in [7, 11) is 0. The molecular weight excluding hydrogens is 284 g/mol. The fourth-order valence-corrected chi connectivity index (χ4v) is 1.87. The van der Waals surface area contributed by atoms with Gasteiger partial charge in [0, 0.05) is 12.4 Å². The summed E-state index contributed by atoms with van der Waals surface area (Å²) in [5, 5.41) is 0. The first-order valence-electron chi connectivity index (χ1n) is 7.27. The van der Waals surface area contributed by atoms with Crippen LogP contribution < -0.4 is 11.5 Å². The monoisotopic (exact) mass is 304 g/mol. The topological polar surface area (TPSA) is 77.8 Å². The van der Waals surface area contributed by atoms with Crippen molar-refractivity contribution in [1.82, 2.24) is 9.97 Å². The zero-order chi connectivity index (χ0) is 16.5. The Morgan fingerprint density at radius 3 is 2.09 bits per heavy atom. The van der Waals surface area contributed by atoms with E-state index in [0.717, 1.165) is 17.0 Å². The van der Waals surface area contributed by atoms with Crippen LogP contribution in [0.4, 0.5) is 11.4 Å². The molecular formula is C19H20N4. The van der Waals surface area contributed by atoms with Crippen molar-refractivity contribution in [2.24, 2.45) is 0 Å². The molecule has 0 spiro atoms. The lowest BCUT2D eigenvalue weighted by Gasteiger charge is -2.03. The van der Waals surface area contributed by atoms with Gasteiger partial charge in [0.1, 0.15) is 5.82 Å². The Bertz CT molecular complexity index is 753. The standard InChI is InChI=1S/C14H14N2.C5H6N2/c15-13-8-4-7-12(14(13)16)10-9-11-5-2-1-3-6-11;1-5-6-3-2-4-7-5/h1-10H,15-16H2;2-4H,1H3. The maximum Gasteiger partial charge on any atom is 0.125 e. The second kappa shape index (κ2) is 8.34. The number of para-hydroxylation sites is 1. The molecule has 0 radical (unpaired) electrons. The van der Waals surface area contributed by atoms with Gasteiger partial charge in [-0.15, -0.1) is 0 Å². The smallest absolute Gasteiger partial charge is 0.125 e. The molecule has 116 valence electrons. The summed E-state index contributed by atoms with van der Waals surface area (Å²) in [4.78, 5) is 7.74. The summed E-state index contributed by atoms with van der Waals surface area (Å²) in [6, 6.07) is 17.5. The molecule has 0 aliphatic rings. The molecule has 0 fully saturated rings. The van der Waals surface area contributed by atoms with Crippen molar-refractivity contribution in [1.29, 1.82) is 0 Å². The van der Waals surface area contributed by atoms with Crippen LogP contribution in [0.1, 0.15) is 17.0 Å². The minimum absolute atomic E-state index is 0.621. The van der Waals surface area contributed by atoms with Crippen LogP contribution in [0.25, 0.3) is 12.2 Å². The number of anilines is 2. The largest absolute Gasteiger partial charge is 0.397 e. The highest BCUT2D eigenvalue weighted by atomic mass is 14.8. The summed E-state index contributed by atoms with van der Waals surface area (Å²) < 4.78 is 0. The van der Waals surface area contributed by atoms with E-state index in [-0.39, 0.29) is 0 Å². The van der Waals surface area contributed by atoms with Crippen LogP contribution in [-0.4, -0.2) is 9.97 Å². The molecule has 3 rings (SSSR count). The van der Waals surface area contributed by atoms with Crippen molar-refractivity contribution < 1.29 is 0 Å². The fourth-order valence-electron chi connectivity index (χ4n) is 1.87. The zero-order valence-electron chi connectivity index (χ0n) is 13.1. The number of benzene rings is 2. The van der Waals surface area contributed by atoms with Gasteiger partial charge in [0.15, 0.2) is 0 Å². The minimum Gasteiger partial charge on any atom is -0.397 e. The predicted octanol–water partition coefficient (Wildman–Crippen LogP) is 3.81. The van der Waals surface area contributed by atoms with Gasteiger partial charge >= 0.3 is 0 Å². The number of nitrogens with zero attached hydrogens (tertiary/aromatic N) is 2. The van der Waals surface area contributed by atoms with E-state index in [4.69, 9.17) is 11.5 Å². The molecule has 1 heterocycles. The van der Waals surface area contributed by atoms with E-state index in [1.807, 2.05) is 61.5 Å². The SMILES string of the molecule is Cc1ncccn1.Nc1cccc(C=Cc2ccccc2)c1N. The van der Waals surface area contributed by atoms with E-state index in [9.17, 15) is 0 Å². The highest BCUT2D eigenvalue weighted by Gasteiger charge is 1.97. The van der Waals surface area contributed by atoms with Crippen molar-refractivity contribution in [3.8, 4) is 0 Å². The van der Waals surface area contributed by atoms with Crippen LogP contribution in [-0.2, 0) is 0 Å². The van der Waals surface area contributed by atoms with Gasteiger partial charge in [0.05, 0.1) is 11.4 Å². The molecule has 4 N–H and O–H groups in total. The maximum atomic E-state index is 5.87. The van der Waals surface area contributed by atoms with Crippen LogP contribution in [0.5, 0.6) is 0 Å². The van der Waals surface area contributed by atoms with Gasteiger partial charge in [0.25, 0.3) is 0 Å². The first-order valence-corrected chi connectivity index (χ1v) is 7.27. The third-order valence-corrected chi connectivity index (χ3v) is 3.12. The Kier molecular flexibility index (Phi) is 5.89. The van der Waals surface area contributed by atoms with Crippen molar-refractivity contribution in [3.05, 3.63) is 83.9 Å². The Balaban J connectivity index is 0.000000229. The summed E-state index contributed by atoms with van der Waals surface area (Å²) in [6.07, 6.45) is 7.44. The second-order valence-electron chi connectivity index (χ2n) is 4.89. The average molecular weight is 304 g/mol. The molecule has 0 aliphatic carbocycles. The number of nitrogen functional groups attached to an aromatic ring is 2. The molecule has 0 bridgehead atoms. The molecule has 1 aromatic heterocycles. The number of rotatable bonds is 2. The van der Waals surface area contributed by atoms with Gasteiger partial charge in [-0.2, -0.15) is 0 Å². The van der Waals surface area contributed by atoms with Crippen LogP contribution in [0, 0.1) is 6.92 Å². The molecule has 0 saturated carbocycles. The molecule has 0 aliphatic heterocycles. The lowest BCUT2D eigenvalue weighted by Crippen LogP contribution is -1.96. The van der Waals surface area contributed by atoms with Gasteiger partial charge in [-0.1, -0.05) is 54.6 Å². The number of aryl methyl sites for hydroxylation is 1. The number of hydrogen-bond donors (Lipinski definition) is 2. The van der Waals surface area contributed by atoms with E-state index in [0.29, 0.717) is 11.4 Å². The lowest BCUT2D eigenvalue weighted by atomic mass is 10.1. The number of aromatic nitrogens is 2. The number of hydrogen-bond acceptors (Lipinski definition) is 4. The Labute approximate surface area is 136 Å². The van der Waals surface area contributed by atoms with E-state index in [1.54, 1.807) is 24.5 Å². The molecule has 0 saturated heterocycles. The second-order valence-corrected chi connectivity index (χ2v) is 4.89. The van der Waals surface area contributed by atoms with Gasteiger partial charge in [-0.05, 0) is 30.2 Å². The first kappa shape index (κ1) is 16.2. The van der Waals surface area contributed by atoms with Crippen LogP contribution in [0.3, 0.4) is 0 Å². The lowest BCUT2D eigenvalue weighted by molar-refractivity contribution is 1.05. The molecule has 4 nitrogen and oxygen atoms in total. The summed E-state index contributed by atoms with van der Waals surface area (Å²) in [5.41, 5.74) is 14.9. The van der Waals surface area contributed by atoms with E-state index in [2.05, 4.69) is 9.97 Å².